The van der Waals surface area contributed by atoms with Crippen molar-refractivity contribution < 1.29 is 17.7 Å². The Kier molecular flexibility index (Phi) is 5.38. The zero-order chi connectivity index (χ0) is 20.4. The van der Waals surface area contributed by atoms with Crippen molar-refractivity contribution >= 4 is 10.0 Å². The van der Waals surface area contributed by atoms with Crippen molar-refractivity contribution in [1.82, 2.24) is 14.4 Å². The van der Waals surface area contributed by atoms with Crippen molar-refractivity contribution in [3.8, 4) is 17.1 Å². The molecular formula is C21H23N3O4S. The molecule has 0 N–H and O–H groups in total. The fraction of sp³-hybridized carbons (Fsp3) is 0.333. The van der Waals surface area contributed by atoms with Crippen LogP contribution in [0.2, 0.25) is 0 Å². The lowest BCUT2D eigenvalue weighted by molar-refractivity contribution is 0.265. The Balaban J connectivity index is 1.52. The Morgan fingerprint density at radius 3 is 2.52 bits per heavy atom. The van der Waals surface area contributed by atoms with Gasteiger partial charge in [-0.3, -0.25) is 0 Å². The average Bonchev–Trinajstić information content (AvgIpc) is 3.24. The number of aromatic nitrogens is 2. The molecule has 1 aliphatic heterocycles. The second-order valence-electron chi connectivity index (χ2n) is 7.20. The number of nitrogens with zero attached hydrogens (tertiary/aromatic N) is 3. The molecule has 4 rings (SSSR count). The van der Waals surface area contributed by atoms with Gasteiger partial charge in [0.05, 0.1) is 17.9 Å². The molecular weight excluding hydrogens is 390 g/mol. The van der Waals surface area contributed by atoms with Gasteiger partial charge >= 0.3 is 0 Å². The van der Waals surface area contributed by atoms with E-state index in [1.807, 2.05) is 43.3 Å². The van der Waals surface area contributed by atoms with E-state index in [9.17, 15) is 8.42 Å². The highest BCUT2D eigenvalue weighted by Gasteiger charge is 2.33. The number of ether oxygens (including phenoxy) is 1. The Bertz CT molecular complexity index is 1080. The number of benzene rings is 2. The summed E-state index contributed by atoms with van der Waals surface area (Å²) in [5, 5.41) is 4.08. The fourth-order valence-electron chi connectivity index (χ4n) is 3.48. The summed E-state index contributed by atoms with van der Waals surface area (Å²) in [7, 11) is -1.93. The number of methoxy groups -OCH3 is 1. The van der Waals surface area contributed by atoms with Crippen LogP contribution in [0.5, 0.6) is 5.75 Å². The molecule has 0 aliphatic carbocycles. The summed E-state index contributed by atoms with van der Waals surface area (Å²) in [5.74, 6) is 1.59. The molecule has 0 bridgehead atoms. The highest BCUT2D eigenvalue weighted by molar-refractivity contribution is 7.89. The van der Waals surface area contributed by atoms with E-state index in [0.717, 1.165) is 29.7 Å². The average molecular weight is 413 g/mol. The van der Waals surface area contributed by atoms with E-state index in [-0.39, 0.29) is 5.92 Å². The molecule has 7 nitrogen and oxygen atoms in total. The molecule has 1 atom stereocenters. The van der Waals surface area contributed by atoms with Crippen LogP contribution in [0.1, 0.15) is 30.2 Å². The summed E-state index contributed by atoms with van der Waals surface area (Å²) in [4.78, 5) is 4.83. The van der Waals surface area contributed by atoms with Crippen LogP contribution in [0.3, 0.4) is 0 Å². The van der Waals surface area contributed by atoms with Crippen LogP contribution in [0.4, 0.5) is 0 Å². The molecule has 29 heavy (non-hydrogen) atoms. The molecule has 1 aliphatic rings. The van der Waals surface area contributed by atoms with Gasteiger partial charge in [0, 0.05) is 18.7 Å². The van der Waals surface area contributed by atoms with E-state index in [1.165, 1.54) is 4.31 Å². The van der Waals surface area contributed by atoms with Crippen molar-refractivity contribution in [3.05, 3.63) is 60.0 Å². The maximum absolute atomic E-state index is 13.0. The molecule has 0 radical (unpaired) electrons. The summed E-state index contributed by atoms with van der Waals surface area (Å²) in [5.41, 5.74) is 1.85. The van der Waals surface area contributed by atoms with Gasteiger partial charge in [0.2, 0.25) is 21.7 Å². The molecule has 0 saturated carbocycles. The summed E-state index contributed by atoms with van der Waals surface area (Å²) in [6.07, 6.45) is 1.56. The number of rotatable bonds is 5. The predicted molar refractivity (Wildman–Crippen MR) is 108 cm³/mol. The highest BCUT2D eigenvalue weighted by atomic mass is 32.2. The van der Waals surface area contributed by atoms with Gasteiger partial charge in [0.25, 0.3) is 0 Å². The molecule has 2 aromatic carbocycles. The van der Waals surface area contributed by atoms with Crippen molar-refractivity contribution in [2.45, 2.75) is 30.6 Å². The van der Waals surface area contributed by atoms with E-state index >= 15 is 0 Å². The van der Waals surface area contributed by atoms with Crippen LogP contribution in [0.25, 0.3) is 11.4 Å². The van der Waals surface area contributed by atoms with Gasteiger partial charge in [-0.1, -0.05) is 22.9 Å². The maximum atomic E-state index is 13.0. The standard InChI is InChI=1S/C21H23N3O4S/c1-15-5-11-19(12-6-15)29(25,26)24-13-3-4-17(14-24)21-22-20(23-28-21)16-7-9-18(27-2)10-8-16/h5-12,17H,3-4,13-14H2,1-2H3/t17-/m0/s1. The Labute approximate surface area is 170 Å². The Morgan fingerprint density at radius 2 is 1.83 bits per heavy atom. The number of hydrogen-bond acceptors (Lipinski definition) is 6. The number of piperidine rings is 1. The minimum atomic E-state index is -3.54. The minimum absolute atomic E-state index is 0.122. The Hall–Kier alpha value is -2.71. The zero-order valence-corrected chi connectivity index (χ0v) is 17.2. The normalized spacial score (nSPS) is 17.9. The summed E-state index contributed by atoms with van der Waals surface area (Å²) in [6.45, 7) is 2.76. The SMILES string of the molecule is COc1ccc(-c2noc([C@H]3CCCN(S(=O)(=O)c4ccc(C)cc4)C3)n2)cc1. The van der Waals surface area contributed by atoms with Gasteiger partial charge < -0.3 is 9.26 Å². The van der Waals surface area contributed by atoms with Crippen LogP contribution in [0.15, 0.2) is 57.9 Å². The smallest absolute Gasteiger partial charge is 0.243 e. The van der Waals surface area contributed by atoms with Crippen molar-refractivity contribution in [2.75, 3.05) is 20.2 Å². The van der Waals surface area contributed by atoms with Gasteiger partial charge in [-0.05, 0) is 56.2 Å². The van der Waals surface area contributed by atoms with E-state index < -0.39 is 10.0 Å². The third-order valence-electron chi connectivity index (χ3n) is 5.18. The first-order valence-electron chi connectivity index (χ1n) is 9.52. The largest absolute Gasteiger partial charge is 0.497 e. The second kappa shape index (κ2) is 7.96. The van der Waals surface area contributed by atoms with Crippen molar-refractivity contribution in [1.29, 1.82) is 0 Å². The number of sulfonamides is 1. The van der Waals surface area contributed by atoms with Crippen molar-refractivity contribution in [2.24, 2.45) is 0 Å². The first kappa shape index (κ1) is 19.6. The lowest BCUT2D eigenvalue weighted by atomic mass is 10.00. The van der Waals surface area contributed by atoms with Crippen LogP contribution in [-0.4, -0.2) is 43.1 Å². The molecule has 8 heteroatoms. The molecule has 1 saturated heterocycles. The molecule has 3 aromatic rings. The monoisotopic (exact) mass is 413 g/mol. The summed E-state index contributed by atoms with van der Waals surface area (Å²) in [6, 6.07) is 14.3. The first-order chi connectivity index (χ1) is 14.0. The fourth-order valence-corrected chi connectivity index (χ4v) is 5.00. The van der Waals surface area contributed by atoms with E-state index in [1.54, 1.807) is 19.2 Å². The molecule has 152 valence electrons. The molecule has 1 fully saturated rings. The molecule has 0 spiro atoms. The Morgan fingerprint density at radius 1 is 1.10 bits per heavy atom. The van der Waals surface area contributed by atoms with E-state index in [2.05, 4.69) is 10.1 Å². The topological polar surface area (TPSA) is 85.5 Å². The van der Waals surface area contributed by atoms with Gasteiger partial charge in [0.15, 0.2) is 0 Å². The van der Waals surface area contributed by atoms with E-state index in [0.29, 0.717) is 29.7 Å². The quantitative estimate of drug-likeness (QED) is 0.635. The zero-order valence-electron chi connectivity index (χ0n) is 16.4. The van der Waals surface area contributed by atoms with Crippen LogP contribution >= 0.6 is 0 Å². The van der Waals surface area contributed by atoms with Gasteiger partial charge in [0.1, 0.15) is 5.75 Å². The number of aryl methyl sites for hydroxylation is 1. The second-order valence-corrected chi connectivity index (χ2v) is 9.14. The van der Waals surface area contributed by atoms with Crippen LogP contribution in [-0.2, 0) is 10.0 Å². The lowest BCUT2D eigenvalue weighted by Gasteiger charge is -2.30. The van der Waals surface area contributed by atoms with E-state index in [4.69, 9.17) is 9.26 Å². The summed E-state index contributed by atoms with van der Waals surface area (Å²) < 4.78 is 38.2. The molecule has 1 aromatic heterocycles. The van der Waals surface area contributed by atoms with Gasteiger partial charge in [-0.15, -0.1) is 0 Å². The minimum Gasteiger partial charge on any atom is -0.497 e. The summed E-state index contributed by atoms with van der Waals surface area (Å²) >= 11 is 0. The third kappa shape index (κ3) is 4.04. The number of hydrogen-bond donors (Lipinski definition) is 0. The maximum Gasteiger partial charge on any atom is 0.243 e. The molecule has 0 unspecified atom stereocenters. The molecule has 2 heterocycles. The van der Waals surface area contributed by atoms with Crippen molar-refractivity contribution in [3.63, 3.8) is 0 Å². The van der Waals surface area contributed by atoms with Crippen LogP contribution in [0, 0.1) is 6.92 Å². The van der Waals surface area contributed by atoms with Crippen LogP contribution < -0.4 is 4.74 Å². The third-order valence-corrected chi connectivity index (χ3v) is 7.06. The van der Waals surface area contributed by atoms with Gasteiger partial charge in [-0.2, -0.15) is 9.29 Å². The first-order valence-corrected chi connectivity index (χ1v) is 11.0. The van der Waals surface area contributed by atoms with Gasteiger partial charge in [-0.25, -0.2) is 8.42 Å². The lowest BCUT2D eigenvalue weighted by Crippen LogP contribution is -2.39. The highest BCUT2D eigenvalue weighted by Crippen LogP contribution is 2.31. The predicted octanol–water partition coefficient (Wildman–Crippen LogP) is 3.62. The molecule has 0 amide bonds.